The van der Waals surface area contributed by atoms with Gasteiger partial charge in [-0.3, -0.25) is 0 Å². The molecular formula is C11H19ClN4. The molecule has 4 nitrogen and oxygen atoms in total. The number of anilines is 1. The van der Waals surface area contributed by atoms with E-state index in [9.17, 15) is 0 Å². The van der Waals surface area contributed by atoms with Crippen molar-refractivity contribution in [3.63, 3.8) is 0 Å². The van der Waals surface area contributed by atoms with Crippen molar-refractivity contribution in [2.75, 3.05) is 18.0 Å². The number of nitrogens with two attached hydrogens (primary N) is 1. The summed E-state index contributed by atoms with van der Waals surface area (Å²) in [5, 5.41) is 0.586. The molecule has 0 saturated carbocycles. The van der Waals surface area contributed by atoms with Crippen LogP contribution < -0.4 is 10.6 Å². The Bertz CT molecular complexity index is 315. The molecule has 0 aromatic carbocycles. The van der Waals surface area contributed by atoms with Gasteiger partial charge in [0.25, 0.3) is 0 Å². The van der Waals surface area contributed by atoms with Gasteiger partial charge in [-0.1, -0.05) is 25.4 Å². The Hall–Kier alpha value is -0.870. The first kappa shape index (κ1) is 13.2. The zero-order chi connectivity index (χ0) is 12.0. The summed E-state index contributed by atoms with van der Waals surface area (Å²) in [6.45, 7) is 5.68. The van der Waals surface area contributed by atoms with E-state index in [0.717, 1.165) is 25.2 Å². The highest BCUT2D eigenvalue weighted by molar-refractivity contribution is 6.32. The summed E-state index contributed by atoms with van der Waals surface area (Å²) >= 11 is 6.11. The summed E-state index contributed by atoms with van der Waals surface area (Å²) in [5.74, 6) is 0.788. The van der Waals surface area contributed by atoms with Gasteiger partial charge in [0.15, 0.2) is 5.82 Å². The zero-order valence-electron chi connectivity index (χ0n) is 9.86. The van der Waals surface area contributed by atoms with Crippen LogP contribution in [0.3, 0.4) is 0 Å². The summed E-state index contributed by atoms with van der Waals surface area (Å²) < 4.78 is 0. The van der Waals surface area contributed by atoms with Crippen LogP contribution in [0.4, 0.5) is 5.82 Å². The van der Waals surface area contributed by atoms with E-state index in [4.69, 9.17) is 17.3 Å². The molecule has 1 heterocycles. The van der Waals surface area contributed by atoms with Crippen LogP contribution in [0.25, 0.3) is 0 Å². The Morgan fingerprint density at radius 1 is 1.44 bits per heavy atom. The van der Waals surface area contributed by atoms with Crippen LogP contribution in [0.5, 0.6) is 0 Å². The van der Waals surface area contributed by atoms with Gasteiger partial charge in [0, 0.05) is 19.1 Å². The topological polar surface area (TPSA) is 55.0 Å². The van der Waals surface area contributed by atoms with Crippen molar-refractivity contribution in [2.45, 2.75) is 32.7 Å². The van der Waals surface area contributed by atoms with E-state index in [1.54, 1.807) is 6.20 Å². The predicted molar refractivity (Wildman–Crippen MR) is 67.8 cm³/mol. The number of hydrogen-bond donors (Lipinski definition) is 1. The SMILES string of the molecule is CCC(CC)N(CCN)c1ncncc1Cl. The lowest BCUT2D eigenvalue weighted by atomic mass is 10.1. The van der Waals surface area contributed by atoms with Gasteiger partial charge >= 0.3 is 0 Å². The quantitative estimate of drug-likeness (QED) is 0.830. The molecule has 0 fully saturated rings. The van der Waals surface area contributed by atoms with Crippen molar-refractivity contribution in [3.05, 3.63) is 17.5 Å². The van der Waals surface area contributed by atoms with Gasteiger partial charge in [0.05, 0.1) is 6.20 Å². The molecule has 0 spiro atoms. The Morgan fingerprint density at radius 3 is 2.62 bits per heavy atom. The molecule has 0 amide bonds. The van der Waals surface area contributed by atoms with Gasteiger partial charge in [-0.2, -0.15) is 0 Å². The first-order valence-electron chi connectivity index (χ1n) is 5.66. The van der Waals surface area contributed by atoms with Crippen LogP contribution in [0.1, 0.15) is 26.7 Å². The molecule has 0 unspecified atom stereocenters. The summed E-state index contributed by atoms with van der Waals surface area (Å²) in [6.07, 6.45) is 5.25. The Morgan fingerprint density at radius 2 is 2.12 bits per heavy atom. The van der Waals surface area contributed by atoms with E-state index in [0.29, 0.717) is 17.6 Å². The van der Waals surface area contributed by atoms with Crippen molar-refractivity contribution in [3.8, 4) is 0 Å². The molecule has 2 N–H and O–H groups in total. The van der Waals surface area contributed by atoms with Gasteiger partial charge in [-0.25, -0.2) is 9.97 Å². The third kappa shape index (κ3) is 3.06. The van der Waals surface area contributed by atoms with Crippen molar-refractivity contribution in [1.29, 1.82) is 0 Å². The molecule has 5 heteroatoms. The lowest BCUT2D eigenvalue weighted by Crippen LogP contribution is -2.39. The number of hydrogen-bond acceptors (Lipinski definition) is 4. The first-order valence-corrected chi connectivity index (χ1v) is 6.04. The molecule has 0 bridgehead atoms. The smallest absolute Gasteiger partial charge is 0.151 e. The van der Waals surface area contributed by atoms with Gasteiger partial charge in [0.1, 0.15) is 11.3 Å². The van der Waals surface area contributed by atoms with Crippen molar-refractivity contribution in [2.24, 2.45) is 5.73 Å². The highest BCUT2D eigenvalue weighted by atomic mass is 35.5. The van der Waals surface area contributed by atoms with Crippen molar-refractivity contribution >= 4 is 17.4 Å². The summed E-state index contributed by atoms with van der Waals surface area (Å²) in [7, 11) is 0. The van der Waals surface area contributed by atoms with Crippen LogP contribution in [-0.2, 0) is 0 Å². The molecule has 1 rings (SSSR count). The molecule has 1 aromatic heterocycles. The Kier molecular flexibility index (Phi) is 5.49. The molecule has 0 aliphatic carbocycles. The second kappa shape index (κ2) is 6.66. The highest BCUT2D eigenvalue weighted by Crippen LogP contribution is 2.24. The van der Waals surface area contributed by atoms with Gasteiger partial charge < -0.3 is 10.6 Å². The Labute approximate surface area is 102 Å². The first-order chi connectivity index (χ1) is 7.74. The second-order valence-corrected chi connectivity index (χ2v) is 4.05. The van der Waals surface area contributed by atoms with Crippen molar-refractivity contribution in [1.82, 2.24) is 9.97 Å². The van der Waals surface area contributed by atoms with Gasteiger partial charge in [-0.15, -0.1) is 0 Å². The van der Waals surface area contributed by atoms with Crippen LogP contribution in [-0.4, -0.2) is 29.1 Å². The average molecular weight is 243 g/mol. The maximum absolute atomic E-state index is 6.11. The lowest BCUT2D eigenvalue weighted by molar-refractivity contribution is 0.554. The highest BCUT2D eigenvalue weighted by Gasteiger charge is 2.18. The summed E-state index contributed by atoms with van der Waals surface area (Å²) in [6, 6.07) is 0.427. The van der Waals surface area contributed by atoms with E-state index >= 15 is 0 Å². The van der Waals surface area contributed by atoms with E-state index in [-0.39, 0.29) is 0 Å². The lowest BCUT2D eigenvalue weighted by Gasteiger charge is -2.31. The van der Waals surface area contributed by atoms with Gasteiger partial charge in [-0.05, 0) is 12.8 Å². The van der Waals surface area contributed by atoms with E-state index in [1.807, 2.05) is 0 Å². The zero-order valence-corrected chi connectivity index (χ0v) is 10.6. The molecule has 1 aromatic rings. The molecule has 0 saturated heterocycles. The van der Waals surface area contributed by atoms with E-state index < -0.39 is 0 Å². The maximum atomic E-state index is 6.11. The number of rotatable bonds is 6. The van der Waals surface area contributed by atoms with Gasteiger partial charge in [0.2, 0.25) is 0 Å². The summed E-state index contributed by atoms with van der Waals surface area (Å²) in [5.41, 5.74) is 5.64. The second-order valence-electron chi connectivity index (χ2n) is 3.65. The standard InChI is InChI=1S/C11H19ClN4/c1-3-9(4-2)16(6-5-13)11-10(12)7-14-8-15-11/h7-9H,3-6,13H2,1-2H3. The molecular weight excluding hydrogens is 224 g/mol. The molecule has 0 atom stereocenters. The molecule has 0 aliphatic heterocycles. The minimum absolute atomic E-state index is 0.427. The predicted octanol–water partition coefficient (Wildman–Crippen LogP) is 2.08. The Balaban J connectivity index is 2.97. The molecule has 0 aliphatic rings. The van der Waals surface area contributed by atoms with Crippen LogP contribution in [0.2, 0.25) is 5.02 Å². The van der Waals surface area contributed by atoms with Crippen LogP contribution >= 0.6 is 11.6 Å². The van der Waals surface area contributed by atoms with Crippen molar-refractivity contribution < 1.29 is 0 Å². The van der Waals surface area contributed by atoms with Crippen LogP contribution in [0.15, 0.2) is 12.5 Å². The maximum Gasteiger partial charge on any atom is 0.151 e. The average Bonchev–Trinajstić information content (AvgIpc) is 2.30. The number of aromatic nitrogens is 2. The van der Waals surface area contributed by atoms with E-state index in [1.165, 1.54) is 6.33 Å². The summed E-state index contributed by atoms with van der Waals surface area (Å²) in [4.78, 5) is 10.3. The monoisotopic (exact) mass is 242 g/mol. The van der Waals surface area contributed by atoms with Crippen LogP contribution in [0, 0.1) is 0 Å². The number of halogens is 1. The fourth-order valence-electron chi connectivity index (χ4n) is 1.85. The van der Waals surface area contributed by atoms with E-state index in [2.05, 4.69) is 28.7 Å². The molecule has 0 radical (unpaired) electrons. The molecule has 90 valence electrons. The fraction of sp³-hybridized carbons (Fsp3) is 0.636. The minimum atomic E-state index is 0.427. The largest absolute Gasteiger partial charge is 0.351 e. The minimum Gasteiger partial charge on any atom is -0.351 e. The third-order valence-electron chi connectivity index (χ3n) is 2.67. The fourth-order valence-corrected chi connectivity index (χ4v) is 2.06. The number of nitrogens with zero attached hydrogens (tertiary/aromatic N) is 3. The molecule has 16 heavy (non-hydrogen) atoms. The normalized spacial score (nSPS) is 10.8. The third-order valence-corrected chi connectivity index (χ3v) is 2.94.